The van der Waals surface area contributed by atoms with Crippen molar-refractivity contribution >= 4 is 5.97 Å². The van der Waals surface area contributed by atoms with Crippen LogP contribution in [0.15, 0.2) is 0 Å². The minimum atomic E-state index is -0.663. The summed E-state index contributed by atoms with van der Waals surface area (Å²) in [5.74, 6) is -0.239. The number of rotatable bonds is 3. The molecular formula is C10H19NO3. The van der Waals surface area contributed by atoms with Crippen molar-refractivity contribution in [2.75, 3.05) is 13.2 Å². The van der Waals surface area contributed by atoms with Crippen molar-refractivity contribution < 1.29 is 14.3 Å². The van der Waals surface area contributed by atoms with Crippen molar-refractivity contribution in [3.05, 3.63) is 0 Å². The third kappa shape index (κ3) is 2.07. The van der Waals surface area contributed by atoms with Gasteiger partial charge in [0.25, 0.3) is 0 Å². The summed E-state index contributed by atoms with van der Waals surface area (Å²) in [4.78, 5) is 11.8. The molecule has 0 saturated carbocycles. The lowest BCUT2D eigenvalue weighted by atomic mass is 9.86. The summed E-state index contributed by atoms with van der Waals surface area (Å²) in [5.41, 5.74) is 5.14. The van der Waals surface area contributed by atoms with Crippen LogP contribution < -0.4 is 5.73 Å². The van der Waals surface area contributed by atoms with E-state index in [0.717, 1.165) is 6.42 Å². The quantitative estimate of drug-likeness (QED) is 0.682. The van der Waals surface area contributed by atoms with Gasteiger partial charge in [-0.1, -0.05) is 6.92 Å². The van der Waals surface area contributed by atoms with Gasteiger partial charge in [0.05, 0.1) is 19.3 Å². The van der Waals surface area contributed by atoms with Gasteiger partial charge < -0.3 is 15.2 Å². The number of hydrogen-bond donors (Lipinski definition) is 1. The van der Waals surface area contributed by atoms with Crippen molar-refractivity contribution in [3.8, 4) is 0 Å². The molecule has 1 heterocycles. The molecule has 14 heavy (non-hydrogen) atoms. The van der Waals surface area contributed by atoms with Crippen LogP contribution >= 0.6 is 0 Å². The van der Waals surface area contributed by atoms with Gasteiger partial charge >= 0.3 is 5.97 Å². The fourth-order valence-corrected chi connectivity index (χ4v) is 1.30. The van der Waals surface area contributed by atoms with E-state index in [-0.39, 0.29) is 18.1 Å². The summed E-state index contributed by atoms with van der Waals surface area (Å²) >= 11 is 0. The second-order valence-electron chi connectivity index (χ2n) is 4.16. The van der Waals surface area contributed by atoms with Crippen molar-refractivity contribution in [3.63, 3.8) is 0 Å². The fourth-order valence-electron chi connectivity index (χ4n) is 1.30. The molecule has 4 nitrogen and oxygen atoms in total. The fraction of sp³-hybridized carbons (Fsp3) is 0.900. The van der Waals surface area contributed by atoms with E-state index < -0.39 is 5.41 Å². The highest BCUT2D eigenvalue weighted by molar-refractivity contribution is 5.78. The number of carbonyl (C=O) groups is 1. The molecule has 3 unspecified atom stereocenters. The second kappa shape index (κ2) is 4.28. The summed E-state index contributed by atoms with van der Waals surface area (Å²) in [7, 11) is 0. The predicted octanol–water partition coefficient (Wildman–Crippen LogP) is 0.692. The Morgan fingerprint density at radius 1 is 1.79 bits per heavy atom. The van der Waals surface area contributed by atoms with Gasteiger partial charge in [-0.05, 0) is 20.3 Å². The zero-order chi connectivity index (χ0) is 10.8. The minimum Gasteiger partial charge on any atom is -0.462 e. The molecule has 0 bridgehead atoms. The Hall–Kier alpha value is -0.610. The van der Waals surface area contributed by atoms with Crippen molar-refractivity contribution in [2.24, 2.45) is 11.1 Å². The molecule has 3 atom stereocenters. The summed E-state index contributed by atoms with van der Waals surface area (Å²) in [6.45, 7) is 6.46. The van der Waals surface area contributed by atoms with Gasteiger partial charge in [0.1, 0.15) is 5.41 Å². The maximum atomic E-state index is 11.8. The Morgan fingerprint density at radius 3 is 2.86 bits per heavy atom. The molecule has 1 rings (SSSR count). The molecular weight excluding hydrogens is 182 g/mol. The topological polar surface area (TPSA) is 61.5 Å². The molecule has 1 fully saturated rings. The minimum absolute atomic E-state index is 0.0490. The third-order valence-corrected chi connectivity index (χ3v) is 2.87. The Morgan fingerprint density at radius 2 is 2.43 bits per heavy atom. The maximum absolute atomic E-state index is 11.8. The largest absolute Gasteiger partial charge is 0.462 e. The van der Waals surface area contributed by atoms with Gasteiger partial charge in [-0.3, -0.25) is 4.79 Å². The lowest BCUT2D eigenvalue weighted by Gasteiger charge is -2.26. The number of hydrogen-bond acceptors (Lipinski definition) is 4. The molecule has 0 spiro atoms. The maximum Gasteiger partial charge on any atom is 0.316 e. The van der Waals surface area contributed by atoms with Gasteiger partial charge in [0.15, 0.2) is 0 Å². The van der Waals surface area contributed by atoms with E-state index in [0.29, 0.717) is 13.2 Å². The molecule has 1 aliphatic heterocycles. The number of nitrogens with two attached hydrogens (primary N) is 1. The lowest BCUT2D eigenvalue weighted by Crippen LogP contribution is -2.46. The highest BCUT2D eigenvalue weighted by Crippen LogP contribution is 2.29. The van der Waals surface area contributed by atoms with Crippen LogP contribution in [0.2, 0.25) is 0 Å². The lowest BCUT2D eigenvalue weighted by molar-refractivity contribution is -0.160. The van der Waals surface area contributed by atoms with Gasteiger partial charge in [0, 0.05) is 6.04 Å². The summed E-state index contributed by atoms with van der Waals surface area (Å²) in [5, 5.41) is 0. The van der Waals surface area contributed by atoms with Crippen molar-refractivity contribution in [1.82, 2.24) is 0 Å². The van der Waals surface area contributed by atoms with E-state index in [4.69, 9.17) is 15.2 Å². The molecule has 0 aromatic rings. The molecule has 0 aromatic carbocycles. The zero-order valence-electron chi connectivity index (χ0n) is 9.08. The van der Waals surface area contributed by atoms with Crippen LogP contribution in [0.5, 0.6) is 0 Å². The van der Waals surface area contributed by atoms with Crippen LogP contribution in [0, 0.1) is 5.41 Å². The molecule has 4 heteroatoms. The first-order valence-corrected chi connectivity index (χ1v) is 5.05. The Kier molecular flexibility index (Phi) is 3.50. The van der Waals surface area contributed by atoms with Gasteiger partial charge in [-0.15, -0.1) is 0 Å². The van der Waals surface area contributed by atoms with Crippen LogP contribution in [0.3, 0.4) is 0 Å². The van der Waals surface area contributed by atoms with Crippen LogP contribution in [0.1, 0.15) is 27.2 Å². The van der Waals surface area contributed by atoms with E-state index in [9.17, 15) is 4.79 Å². The second-order valence-corrected chi connectivity index (χ2v) is 4.16. The molecule has 0 radical (unpaired) electrons. The molecule has 0 aliphatic carbocycles. The first-order chi connectivity index (χ1) is 6.50. The van der Waals surface area contributed by atoms with Gasteiger partial charge in [0.2, 0.25) is 0 Å². The molecule has 0 aromatic heterocycles. The van der Waals surface area contributed by atoms with Crippen LogP contribution in [-0.4, -0.2) is 31.3 Å². The highest BCUT2D eigenvalue weighted by atomic mass is 16.6. The van der Waals surface area contributed by atoms with Crippen LogP contribution in [-0.2, 0) is 14.3 Å². The molecule has 1 saturated heterocycles. The molecule has 1 aliphatic rings. The Balaban J connectivity index is 2.59. The number of carbonyl (C=O) groups excluding carboxylic acids is 1. The Labute approximate surface area is 84.7 Å². The third-order valence-electron chi connectivity index (χ3n) is 2.87. The Bertz CT molecular complexity index is 219. The number of ether oxygens (including phenoxy) is 2. The van der Waals surface area contributed by atoms with Crippen molar-refractivity contribution in [2.45, 2.75) is 39.3 Å². The monoisotopic (exact) mass is 201 g/mol. The average Bonchev–Trinajstić information content (AvgIpc) is 2.48. The van der Waals surface area contributed by atoms with E-state index in [1.807, 2.05) is 13.8 Å². The smallest absolute Gasteiger partial charge is 0.316 e. The van der Waals surface area contributed by atoms with E-state index in [1.165, 1.54) is 0 Å². The molecule has 2 N–H and O–H groups in total. The SMILES string of the molecule is CCC(C)OC(=O)C1(C)COCC1N. The first kappa shape index (κ1) is 11.5. The summed E-state index contributed by atoms with van der Waals surface area (Å²) in [6, 6.07) is -0.251. The van der Waals surface area contributed by atoms with Crippen molar-refractivity contribution in [1.29, 1.82) is 0 Å². The average molecular weight is 201 g/mol. The highest BCUT2D eigenvalue weighted by Gasteiger charge is 2.46. The summed E-state index contributed by atoms with van der Waals surface area (Å²) < 4.78 is 10.4. The summed E-state index contributed by atoms with van der Waals surface area (Å²) in [6.07, 6.45) is 0.768. The van der Waals surface area contributed by atoms with E-state index in [2.05, 4.69) is 0 Å². The number of esters is 1. The van der Waals surface area contributed by atoms with E-state index in [1.54, 1.807) is 6.92 Å². The van der Waals surface area contributed by atoms with Gasteiger partial charge in [-0.25, -0.2) is 0 Å². The molecule has 0 amide bonds. The normalized spacial score (nSPS) is 34.1. The van der Waals surface area contributed by atoms with Crippen LogP contribution in [0.4, 0.5) is 0 Å². The predicted molar refractivity (Wildman–Crippen MR) is 52.7 cm³/mol. The zero-order valence-corrected chi connectivity index (χ0v) is 9.08. The first-order valence-electron chi connectivity index (χ1n) is 5.05. The van der Waals surface area contributed by atoms with Gasteiger partial charge in [-0.2, -0.15) is 0 Å². The standard InChI is InChI=1S/C10H19NO3/c1-4-7(2)14-9(12)10(3)6-13-5-8(10)11/h7-8H,4-6,11H2,1-3H3. The molecule has 82 valence electrons. The van der Waals surface area contributed by atoms with E-state index >= 15 is 0 Å². The van der Waals surface area contributed by atoms with Crippen LogP contribution in [0.25, 0.3) is 0 Å².